The summed E-state index contributed by atoms with van der Waals surface area (Å²) in [6.45, 7) is 4.83. The van der Waals surface area contributed by atoms with Crippen LogP contribution in [0.4, 0.5) is 0 Å². The summed E-state index contributed by atoms with van der Waals surface area (Å²) < 4.78 is 0. The lowest BCUT2D eigenvalue weighted by Crippen LogP contribution is -2.33. The fraction of sp³-hybridized carbons (Fsp3) is 0.500. The van der Waals surface area contributed by atoms with Crippen molar-refractivity contribution < 1.29 is 0 Å². The summed E-state index contributed by atoms with van der Waals surface area (Å²) in [5, 5.41) is 8.64. The van der Waals surface area contributed by atoms with Crippen molar-refractivity contribution in [3.8, 4) is 6.07 Å². The molecule has 1 aliphatic heterocycles. The van der Waals surface area contributed by atoms with Crippen molar-refractivity contribution in [2.24, 2.45) is 0 Å². The van der Waals surface area contributed by atoms with Gasteiger partial charge in [-0.1, -0.05) is 29.8 Å². The standard InChI is InChI=1S/C14H18N2/c1-12-2-4-13(5-3-12)14-6-9-16(10-7-14)11-8-15/h2-5,14H,6-7,9-11H2,1H3. The van der Waals surface area contributed by atoms with Crippen LogP contribution in [0.5, 0.6) is 0 Å². The summed E-state index contributed by atoms with van der Waals surface area (Å²) in [7, 11) is 0. The molecular formula is C14H18N2. The fourth-order valence-electron chi connectivity index (χ4n) is 2.36. The minimum absolute atomic E-state index is 0.584. The van der Waals surface area contributed by atoms with E-state index in [2.05, 4.69) is 42.2 Å². The molecule has 0 saturated carbocycles. The summed E-state index contributed by atoms with van der Waals surface area (Å²) in [4.78, 5) is 2.24. The maximum absolute atomic E-state index is 8.64. The molecule has 84 valence electrons. The van der Waals surface area contributed by atoms with Crippen LogP contribution in [0.2, 0.25) is 0 Å². The van der Waals surface area contributed by atoms with Gasteiger partial charge in [0, 0.05) is 0 Å². The number of nitriles is 1. The predicted octanol–water partition coefficient (Wildman–Crippen LogP) is 2.70. The topological polar surface area (TPSA) is 27.0 Å². The number of hydrogen-bond acceptors (Lipinski definition) is 2. The smallest absolute Gasteiger partial charge is 0.0865 e. The van der Waals surface area contributed by atoms with Crippen LogP contribution in [0, 0.1) is 18.3 Å². The Kier molecular flexibility index (Phi) is 3.58. The lowest BCUT2D eigenvalue weighted by Gasteiger charge is -2.30. The van der Waals surface area contributed by atoms with Crippen LogP contribution < -0.4 is 0 Å². The van der Waals surface area contributed by atoms with Crippen molar-refractivity contribution in [2.75, 3.05) is 19.6 Å². The summed E-state index contributed by atoms with van der Waals surface area (Å²) in [6, 6.07) is 11.1. The van der Waals surface area contributed by atoms with Crippen molar-refractivity contribution >= 4 is 0 Å². The number of aryl methyl sites for hydroxylation is 1. The van der Waals surface area contributed by atoms with E-state index < -0.39 is 0 Å². The van der Waals surface area contributed by atoms with Gasteiger partial charge >= 0.3 is 0 Å². The largest absolute Gasteiger partial charge is 0.291 e. The maximum Gasteiger partial charge on any atom is 0.0865 e. The average Bonchev–Trinajstić information content (AvgIpc) is 2.32. The van der Waals surface area contributed by atoms with E-state index in [9.17, 15) is 0 Å². The molecule has 0 bridgehead atoms. The van der Waals surface area contributed by atoms with Gasteiger partial charge in [-0.25, -0.2) is 0 Å². The zero-order valence-corrected chi connectivity index (χ0v) is 9.82. The first-order valence-corrected chi connectivity index (χ1v) is 5.95. The predicted molar refractivity (Wildman–Crippen MR) is 65.2 cm³/mol. The average molecular weight is 214 g/mol. The summed E-state index contributed by atoms with van der Waals surface area (Å²) >= 11 is 0. The minimum Gasteiger partial charge on any atom is -0.291 e. The number of rotatable bonds is 2. The Hall–Kier alpha value is -1.33. The van der Waals surface area contributed by atoms with Crippen LogP contribution in [0.25, 0.3) is 0 Å². The van der Waals surface area contributed by atoms with Gasteiger partial charge in [0.05, 0.1) is 12.6 Å². The van der Waals surface area contributed by atoms with Crippen molar-refractivity contribution in [1.82, 2.24) is 4.90 Å². The second kappa shape index (κ2) is 5.14. The van der Waals surface area contributed by atoms with Gasteiger partial charge in [-0.05, 0) is 44.3 Å². The zero-order valence-electron chi connectivity index (χ0n) is 9.82. The Morgan fingerprint density at radius 3 is 2.44 bits per heavy atom. The van der Waals surface area contributed by atoms with Gasteiger partial charge in [-0.2, -0.15) is 5.26 Å². The molecule has 0 aromatic heterocycles. The first-order chi connectivity index (χ1) is 7.79. The monoisotopic (exact) mass is 214 g/mol. The van der Waals surface area contributed by atoms with Crippen LogP contribution in [-0.4, -0.2) is 24.5 Å². The number of benzene rings is 1. The Morgan fingerprint density at radius 2 is 1.88 bits per heavy atom. The SMILES string of the molecule is Cc1ccc(C2CCN(CC#N)CC2)cc1. The number of likely N-dealkylation sites (tertiary alicyclic amines) is 1. The summed E-state index contributed by atoms with van der Waals surface area (Å²) in [6.07, 6.45) is 2.37. The third-order valence-electron chi connectivity index (χ3n) is 3.43. The maximum atomic E-state index is 8.64. The number of nitrogens with zero attached hydrogens (tertiary/aromatic N) is 2. The number of piperidine rings is 1. The highest BCUT2D eigenvalue weighted by atomic mass is 15.1. The van der Waals surface area contributed by atoms with Crippen molar-refractivity contribution in [1.29, 1.82) is 5.26 Å². The van der Waals surface area contributed by atoms with Gasteiger partial charge < -0.3 is 0 Å². The Balaban J connectivity index is 1.94. The Bertz CT molecular complexity index is 367. The van der Waals surface area contributed by atoms with E-state index >= 15 is 0 Å². The van der Waals surface area contributed by atoms with E-state index in [0.29, 0.717) is 12.5 Å². The van der Waals surface area contributed by atoms with Gasteiger partial charge in [0.25, 0.3) is 0 Å². The molecule has 1 aliphatic rings. The molecule has 0 aliphatic carbocycles. The minimum atomic E-state index is 0.584. The number of hydrogen-bond donors (Lipinski definition) is 0. The van der Waals surface area contributed by atoms with E-state index in [-0.39, 0.29) is 0 Å². The van der Waals surface area contributed by atoms with Crippen molar-refractivity contribution in [3.05, 3.63) is 35.4 Å². The van der Waals surface area contributed by atoms with E-state index in [1.54, 1.807) is 0 Å². The second-order valence-corrected chi connectivity index (χ2v) is 4.62. The zero-order chi connectivity index (χ0) is 11.4. The highest BCUT2D eigenvalue weighted by Crippen LogP contribution is 2.27. The molecule has 0 atom stereocenters. The molecule has 0 unspecified atom stereocenters. The molecule has 2 rings (SSSR count). The van der Waals surface area contributed by atoms with Gasteiger partial charge in [-0.15, -0.1) is 0 Å². The van der Waals surface area contributed by atoms with Gasteiger partial charge in [0.15, 0.2) is 0 Å². The molecule has 1 heterocycles. The van der Waals surface area contributed by atoms with Gasteiger partial charge in [0.1, 0.15) is 0 Å². The molecule has 0 N–H and O–H groups in total. The molecule has 16 heavy (non-hydrogen) atoms. The second-order valence-electron chi connectivity index (χ2n) is 4.62. The van der Waals surface area contributed by atoms with Crippen LogP contribution in [0.1, 0.15) is 29.9 Å². The van der Waals surface area contributed by atoms with Crippen LogP contribution in [0.15, 0.2) is 24.3 Å². The molecule has 0 spiro atoms. The van der Waals surface area contributed by atoms with Crippen LogP contribution in [-0.2, 0) is 0 Å². The molecule has 1 aromatic rings. The molecular weight excluding hydrogens is 196 g/mol. The highest BCUT2D eigenvalue weighted by Gasteiger charge is 2.19. The molecule has 2 nitrogen and oxygen atoms in total. The lowest BCUT2D eigenvalue weighted by atomic mass is 9.89. The van der Waals surface area contributed by atoms with E-state index in [0.717, 1.165) is 13.1 Å². The van der Waals surface area contributed by atoms with Gasteiger partial charge in [0.2, 0.25) is 0 Å². The molecule has 2 heteroatoms. The quantitative estimate of drug-likeness (QED) is 0.708. The molecule has 0 radical (unpaired) electrons. The molecule has 0 amide bonds. The third kappa shape index (κ3) is 2.62. The highest BCUT2D eigenvalue weighted by molar-refractivity contribution is 5.24. The Morgan fingerprint density at radius 1 is 1.25 bits per heavy atom. The van der Waals surface area contributed by atoms with Crippen LogP contribution in [0.3, 0.4) is 0 Å². The first-order valence-electron chi connectivity index (χ1n) is 5.95. The first kappa shape index (κ1) is 11.2. The third-order valence-corrected chi connectivity index (χ3v) is 3.43. The lowest BCUT2D eigenvalue weighted by molar-refractivity contribution is 0.235. The normalized spacial score (nSPS) is 18.2. The fourth-order valence-corrected chi connectivity index (χ4v) is 2.36. The Labute approximate surface area is 97.5 Å². The van der Waals surface area contributed by atoms with Crippen molar-refractivity contribution in [2.45, 2.75) is 25.7 Å². The van der Waals surface area contributed by atoms with Gasteiger partial charge in [-0.3, -0.25) is 4.90 Å². The van der Waals surface area contributed by atoms with E-state index in [4.69, 9.17) is 5.26 Å². The summed E-state index contributed by atoms with van der Waals surface area (Å²) in [5.41, 5.74) is 2.79. The molecule has 1 aromatic carbocycles. The van der Waals surface area contributed by atoms with E-state index in [1.807, 2.05) is 0 Å². The summed E-state index contributed by atoms with van der Waals surface area (Å²) in [5.74, 6) is 0.690. The van der Waals surface area contributed by atoms with Crippen molar-refractivity contribution in [3.63, 3.8) is 0 Å². The van der Waals surface area contributed by atoms with Crippen LogP contribution >= 0.6 is 0 Å². The molecule has 1 fully saturated rings. The molecule has 1 saturated heterocycles. The van der Waals surface area contributed by atoms with E-state index in [1.165, 1.54) is 24.0 Å².